The summed E-state index contributed by atoms with van der Waals surface area (Å²) in [5, 5.41) is 12.0. The summed E-state index contributed by atoms with van der Waals surface area (Å²) in [5.41, 5.74) is 7.17. The number of carbonyl (C=O) groups is 1. The molecule has 2 aromatic rings. The maximum atomic E-state index is 13.9. The quantitative estimate of drug-likeness (QED) is 0.516. The summed E-state index contributed by atoms with van der Waals surface area (Å²) in [7, 11) is 2.24. The van der Waals surface area contributed by atoms with E-state index in [2.05, 4.69) is 42.5 Å². The van der Waals surface area contributed by atoms with Crippen LogP contribution in [0.3, 0.4) is 0 Å². The van der Waals surface area contributed by atoms with Crippen LogP contribution < -0.4 is 16.4 Å². The van der Waals surface area contributed by atoms with E-state index in [0.717, 1.165) is 52.4 Å². The normalized spacial score (nSPS) is 29.3. The summed E-state index contributed by atoms with van der Waals surface area (Å²) >= 11 is 6.12. The van der Waals surface area contributed by atoms with Crippen LogP contribution in [0.4, 0.5) is 5.82 Å². The molecule has 40 heavy (non-hydrogen) atoms. The number of anilines is 1. The minimum Gasteiger partial charge on any atom is -0.381 e. The molecule has 3 atom stereocenters. The molecule has 3 saturated heterocycles. The van der Waals surface area contributed by atoms with Crippen LogP contribution in [-0.2, 0) is 0 Å². The summed E-state index contributed by atoms with van der Waals surface area (Å²) in [6.07, 6.45) is 14.8. The molecule has 1 spiro atoms. The van der Waals surface area contributed by atoms with Crippen LogP contribution in [0.1, 0.15) is 68.1 Å². The Labute approximate surface area is 243 Å². The van der Waals surface area contributed by atoms with Gasteiger partial charge in [0.1, 0.15) is 5.56 Å². The van der Waals surface area contributed by atoms with E-state index in [4.69, 9.17) is 17.3 Å². The predicted molar refractivity (Wildman–Crippen MR) is 159 cm³/mol. The highest BCUT2D eigenvalue weighted by Crippen LogP contribution is 2.42. The van der Waals surface area contributed by atoms with Crippen molar-refractivity contribution in [3.05, 3.63) is 23.0 Å². The molecule has 10 nitrogen and oxygen atoms in total. The topological polar surface area (TPSA) is 107 Å². The van der Waals surface area contributed by atoms with E-state index in [1.165, 1.54) is 68.5 Å². The summed E-state index contributed by atoms with van der Waals surface area (Å²) in [4.78, 5) is 26.2. The smallest absolute Gasteiger partial charge is 0.259 e. The van der Waals surface area contributed by atoms with Gasteiger partial charge in [-0.25, -0.2) is 9.50 Å². The highest BCUT2D eigenvalue weighted by Gasteiger charge is 2.50. The van der Waals surface area contributed by atoms with Gasteiger partial charge in [0.2, 0.25) is 0 Å². The molecule has 5 heterocycles. The molecule has 0 bridgehead atoms. The highest BCUT2D eigenvalue weighted by molar-refractivity contribution is 6.30. The van der Waals surface area contributed by atoms with Gasteiger partial charge in [0.25, 0.3) is 5.91 Å². The van der Waals surface area contributed by atoms with Crippen molar-refractivity contribution >= 4 is 29.0 Å². The largest absolute Gasteiger partial charge is 0.381 e. The Kier molecular flexibility index (Phi) is 8.51. The molecule has 3 unspecified atom stereocenters. The first-order valence-electron chi connectivity index (χ1n) is 15.4. The molecule has 3 aliphatic heterocycles. The lowest BCUT2D eigenvalue weighted by atomic mass is 9.66. The van der Waals surface area contributed by atoms with E-state index in [9.17, 15) is 4.79 Å². The van der Waals surface area contributed by atoms with Crippen LogP contribution in [-0.4, -0.2) is 113 Å². The molecule has 0 aromatic carbocycles. The van der Waals surface area contributed by atoms with Crippen molar-refractivity contribution in [1.82, 2.24) is 39.9 Å². The van der Waals surface area contributed by atoms with Crippen molar-refractivity contribution in [2.75, 3.05) is 65.1 Å². The van der Waals surface area contributed by atoms with E-state index in [1.54, 1.807) is 6.20 Å². The van der Waals surface area contributed by atoms with Crippen LogP contribution >= 0.6 is 11.6 Å². The molecule has 0 radical (unpaired) electrons. The van der Waals surface area contributed by atoms with Gasteiger partial charge in [0.15, 0.2) is 11.5 Å². The number of amides is 1. The third kappa shape index (κ3) is 5.70. The Balaban J connectivity index is 1.31. The summed E-state index contributed by atoms with van der Waals surface area (Å²) in [6, 6.07) is 0.787. The number of nitrogens with zero attached hydrogens (tertiary/aromatic N) is 6. The lowest BCUT2D eigenvalue weighted by Crippen LogP contribution is -2.72. The summed E-state index contributed by atoms with van der Waals surface area (Å²) in [5.74, 6) is -0.0214. The number of nitrogens with one attached hydrogen (secondary N) is 2. The van der Waals surface area contributed by atoms with Crippen LogP contribution in [0.25, 0.3) is 5.65 Å². The van der Waals surface area contributed by atoms with Crippen LogP contribution in [0.15, 0.2) is 12.4 Å². The molecule has 4 N–H and O–H groups in total. The zero-order valence-corrected chi connectivity index (χ0v) is 24.7. The van der Waals surface area contributed by atoms with E-state index in [0.29, 0.717) is 22.3 Å². The van der Waals surface area contributed by atoms with Gasteiger partial charge in [-0.3, -0.25) is 14.6 Å². The number of hydrogen-bond acceptors (Lipinski definition) is 8. The highest BCUT2D eigenvalue weighted by atomic mass is 35.5. The Hall–Kier alpha value is -1.98. The fraction of sp³-hybridized carbons (Fsp3) is 0.759. The van der Waals surface area contributed by atoms with Gasteiger partial charge in [-0.2, -0.15) is 0 Å². The number of likely N-dealkylation sites (N-methyl/N-ethyl adjacent to an activating group) is 1. The number of aromatic nitrogens is 3. The minimum atomic E-state index is -0.202. The predicted octanol–water partition coefficient (Wildman–Crippen LogP) is 2.48. The lowest BCUT2D eigenvalue weighted by molar-refractivity contribution is -0.0562. The average Bonchev–Trinajstić information content (AvgIpc) is 3.27. The fourth-order valence-corrected chi connectivity index (χ4v) is 8.24. The van der Waals surface area contributed by atoms with Gasteiger partial charge >= 0.3 is 0 Å². The van der Waals surface area contributed by atoms with Gasteiger partial charge in [0, 0.05) is 76.1 Å². The van der Waals surface area contributed by atoms with Crippen molar-refractivity contribution in [2.24, 2.45) is 5.41 Å². The first-order chi connectivity index (χ1) is 19.4. The van der Waals surface area contributed by atoms with Crippen molar-refractivity contribution < 1.29 is 4.79 Å². The SMILES string of the molecule is CN1CCN2CCN(C3C(NC(=O)c4c(N)nn5cc(Cl)cnc45)CNCC34CCCCCCCCC4)CC2C1. The second-order valence-corrected chi connectivity index (χ2v) is 13.2. The molecule has 220 valence electrons. The molecule has 1 amide bonds. The first kappa shape index (κ1) is 28.2. The number of hydrogen-bond donors (Lipinski definition) is 3. The zero-order chi connectivity index (χ0) is 27.7. The standard InChI is InChI=1S/C29H46ClN9O/c1-36-11-12-37-13-14-38(19-22(37)18-36)25-23(16-32-20-29(25)9-7-5-3-2-4-6-8-10-29)34-28(40)24-26(31)35-39-17-21(30)15-33-27(24)39/h15,17,22-23,25,32H,2-14,16,18-20H2,1H3,(H2,31,35)(H,34,40). The fourth-order valence-electron chi connectivity index (χ4n) is 8.10. The lowest BCUT2D eigenvalue weighted by Gasteiger charge is -2.57. The molecular weight excluding hydrogens is 526 g/mol. The Morgan fingerprint density at radius 3 is 2.52 bits per heavy atom. The number of fused-ring (bicyclic) bond motifs is 2. The van der Waals surface area contributed by atoms with Gasteiger partial charge in [-0.05, 0) is 19.9 Å². The van der Waals surface area contributed by atoms with E-state index < -0.39 is 0 Å². The molecular formula is C29H46ClN9O. The average molecular weight is 572 g/mol. The summed E-state index contributed by atoms with van der Waals surface area (Å²) < 4.78 is 1.50. The van der Waals surface area contributed by atoms with Gasteiger partial charge < -0.3 is 21.3 Å². The van der Waals surface area contributed by atoms with E-state index >= 15 is 0 Å². The van der Waals surface area contributed by atoms with E-state index in [1.807, 2.05) is 0 Å². The van der Waals surface area contributed by atoms with Gasteiger partial charge in [-0.15, -0.1) is 5.10 Å². The second-order valence-electron chi connectivity index (χ2n) is 12.7. The molecule has 1 saturated carbocycles. The third-order valence-electron chi connectivity index (χ3n) is 10.0. The second kappa shape index (κ2) is 12.1. The van der Waals surface area contributed by atoms with Crippen LogP contribution in [0.5, 0.6) is 0 Å². The number of nitrogen functional groups attached to an aromatic ring is 1. The molecule has 11 heteroatoms. The monoisotopic (exact) mass is 571 g/mol. The molecule has 4 fully saturated rings. The third-order valence-corrected chi connectivity index (χ3v) is 10.2. The number of rotatable bonds is 3. The van der Waals surface area contributed by atoms with Crippen LogP contribution in [0, 0.1) is 5.41 Å². The minimum absolute atomic E-state index is 0.0290. The summed E-state index contributed by atoms with van der Waals surface area (Å²) in [6.45, 7) is 8.39. The molecule has 2 aromatic heterocycles. The number of piperazine rings is 2. The zero-order valence-electron chi connectivity index (χ0n) is 24.0. The maximum absolute atomic E-state index is 13.9. The molecule has 4 aliphatic rings. The Morgan fingerprint density at radius 1 is 1.05 bits per heavy atom. The number of carbonyl (C=O) groups excluding carboxylic acids is 1. The van der Waals surface area contributed by atoms with Crippen molar-refractivity contribution in [3.8, 4) is 0 Å². The number of piperidine rings is 1. The Bertz CT molecular complexity index is 1180. The Morgan fingerprint density at radius 2 is 1.75 bits per heavy atom. The number of halogens is 1. The van der Waals surface area contributed by atoms with E-state index in [-0.39, 0.29) is 29.2 Å². The van der Waals surface area contributed by atoms with Crippen molar-refractivity contribution in [1.29, 1.82) is 0 Å². The maximum Gasteiger partial charge on any atom is 0.259 e. The van der Waals surface area contributed by atoms with Gasteiger partial charge in [-0.1, -0.05) is 56.5 Å². The first-order valence-corrected chi connectivity index (χ1v) is 15.8. The van der Waals surface area contributed by atoms with Crippen LogP contribution in [0.2, 0.25) is 5.02 Å². The van der Waals surface area contributed by atoms with Gasteiger partial charge in [0.05, 0.1) is 17.3 Å². The molecule has 6 rings (SSSR count). The van der Waals surface area contributed by atoms with Crippen molar-refractivity contribution in [2.45, 2.75) is 75.9 Å². The van der Waals surface area contributed by atoms with Crippen molar-refractivity contribution in [3.63, 3.8) is 0 Å². The molecule has 1 aliphatic carbocycles. The number of nitrogens with two attached hydrogens (primary N) is 1.